The van der Waals surface area contributed by atoms with E-state index in [-0.39, 0.29) is 5.25 Å². The maximum Gasteiger partial charge on any atom is 0.0238 e. The number of hydrogen-bond acceptors (Lipinski definition) is 1. The fraction of sp³-hybridized carbons (Fsp3) is 0.250. The lowest BCUT2D eigenvalue weighted by atomic mass is 10.2. The van der Waals surface area contributed by atoms with Crippen molar-refractivity contribution in [2.45, 2.75) is 12.2 Å². The summed E-state index contributed by atoms with van der Waals surface area (Å²) in [7, 11) is 0. The Hall–Kier alpha value is -0.430. The van der Waals surface area contributed by atoms with Crippen LogP contribution in [0.15, 0.2) is 37.0 Å². The SMILES string of the molecule is C=C/C=C(\C=C)[C@@H](C)S. The highest BCUT2D eigenvalue weighted by Gasteiger charge is 1.95. The van der Waals surface area contributed by atoms with Crippen LogP contribution in [0.25, 0.3) is 0 Å². The molecule has 0 aliphatic carbocycles. The van der Waals surface area contributed by atoms with Gasteiger partial charge in [-0.15, -0.1) is 0 Å². The summed E-state index contributed by atoms with van der Waals surface area (Å²) in [5.41, 5.74) is 1.10. The average Bonchev–Trinajstić information content (AvgIpc) is 1.82. The van der Waals surface area contributed by atoms with E-state index in [9.17, 15) is 0 Å². The highest BCUT2D eigenvalue weighted by atomic mass is 32.1. The summed E-state index contributed by atoms with van der Waals surface area (Å²) < 4.78 is 0. The van der Waals surface area contributed by atoms with Crippen LogP contribution in [0.2, 0.25) is 0 Å². The Bertz CT molecular complexity index is 132. The Morgan fingerprint density at radius 2 is 2.11 bits per heavy atom. The molecule has 0 unspecified atom stereocenters. The predicted molar refractivity (Wildman–Crippen MR) is 46.9 cm³/mol. The molecular weight excluding hydrogens is 128 g/mol. The molecule has 0 aliphatic heterocycles. The zero-order chi connectivity index (χ0) is 7.28. The van der Waals surface area contributed by atoms with Crippen LogP contribution in [-0.4, -0.2) is 5.25 Å². The van der Waals surface area contributed by atoms with Crippen molar-refractivity contribution < 1.29 is 0 Å². The maximum absolute atomic E-state index is 4.22. The molecule has 0 radical (unpaired) electrons. The van der Waals surface area contributed by atoms with Gasteiger partial charge in [0.2, 0.25) is 0 Å². The van der Waals surface area contributed by atoms with E-state index in [1.54, 1.807) is 12.2 Å². The largest absolute Gasteiger partial charge is 0.171 e. The highest BCUT2D eigenvalue weighted by molar-refractivity contribution is 7.81. The Kier molecular flexibility index (Phi) is 4.24. The first-order valence-electron chi connectivity index (χ1n) is 2.85. The monoisotopic (exact) mass is 140 g/mol. The van der Waals surface area contributed by atoms with E-state index >= 15 is 0 Å². The van der Waals surface area contributed by atoms with Crippen molar-refractivity contribution in [3.8, 4) is 0 Å². The third-order valence-electron chi connectivity index (χ3n) is 1.03. The van der Waals surface area contributed by atoms with E-state index in [1.807, 2.05) is 13.0 Å². The molecule has 0 saturated heterocycles. The van der Waals surface area contributed by atoms with E-state index in [0.717, 1.165) is 5.57 Å². The second kappa shape index (κ2) is 4.45. The van der Waals surface area contributed by atoms with Crippen LogP contribution in [0.4, 0.5) is 0 Å². The Labute approximate surface area is 62.4 Å². The van der Waals surface area contributed by atoms with Gasteiger partial charge in [0, 0.05) is 5.25 Å². The van der Waals surface area contributed by atoms with Crippen molar-refractivity contribution in [1.29, 1.82) is 0 Å². The summed E-state index contributed by atoms with van der Waals surface area (Å²) in [6.07, 6.45) is 5.44. The fourth-order valence-electron chi connectivity index (χ4n) is 0.514. The first kappa shape index (κ1) is 8.57. The van der Waals surface area contributed by atoms with Crippen LogP contribution in [0.1, 0.15) is 6.92 Å². The van der Waals surface area contributed by atoms with Gasteiger partial charge in [0.15, 0.2) is 0 Å². The molecule has 0 N–H and O–H groups in total. The summed E-state index contributed by atoms with van der Waals surface area (Å²) in [5.74, 6) is 0. The van der Waals surface area contributed by atoms with Gasteiger partial charge < -0.3 is 0 Å². The number of allylic oxidation sites excluding steroid dienone is 3. The molecule has 0 amide bonds. The zero-order valence-corrected chi connectivity index (χ0v) is 6.57. The van der Waals surface area contributed by atoms with Gasteiger partial charge in [0.1, 0.15) is 0 Å². The molecule has 0 spiro atoms. The van der Waals surface area contributed by atoms with Gasteiger partial charge in [-0.1, -0.05) is 31.4 Å². The molecule has 0 nitrogen and oxygen atoms in total. The van der Waals surface area contributed by atoms with Crippen molar-refractivity contribution in [2.75, 3.05) is 0 Å². The van der Waals surface area contributed by atoms with Crippen LogP contribution >= 0.6 is 12.6 Å². The Morgan fingerprint density at radius 1 is 1.56 bits per heavy atom. The van der Waals surface area contributed by atoms with Gasteiger partial charge in [0.05, 0.1) is 0 Å². The second-order valence-electron chi connectivity index (χ2n) is 1.78. The molecule has 0 rings (SSSR count). The normalized spacial score (nSPS) is 14.7. The molecule has 0 aliphatic rings. The Morgan fingerprint density at radius 3 is 2.22 bits per heavy atom. The molecule has 0 saturated carbocycles. The summed E-state index contributed by atoms with van der Waals surface area (Å²) in [6.45, 7) is 9.21. The molecular formula is C8H12S. The topological polar surface area (TPSA) is 0 Å². The predicted octanol–water partition coefficient (Wildman–Crippen LogP) is 2.60. The highest BCUT2D eigenvalue weighted by Crippen LogP contribution is 2.08. The summed E-state index contributed by atoms with van der Waals surface area (Å²) in [6, 6.07) is 0. The van der Waals surface area contributed by atoms with Crippen LogP contribution in [0, 0.1) is 0 Å². The minimum absolute atomic E-state index is 0.250. The quantitative estimate of drug-likeness (QED) is 0.452. The maximum atomic E-state index is 4.22. The van der Waals surface area contributed by atoms with E-state index in [4.69, 9.17) is 0 Å². The minimum Gasteiger partial charge on any atom is -0.171 e. The van der Waals surface area contributed by atoms with Gasteiger partial charge in [-0.2, -0.15) is 12.6 Å². The minimum atomic E-state index is 0.250. The summed E-state index contributed by atoms with van der Waals surface area (Å²) >= 11 is 4.22. The number of rotatable bonds is 3. The number of thiol groups is 1. The van der Waals surface area contributed by atoms with Crippen LogP contribution in [0.5, 0.6) is 0 Å². The molecule has 0 aromatic carbocycles. The molecule has 1 heteroatoms. The first-order valence-corrected chi connectivity index (χ1v) is 3.37. The molecule has 0 fully saturated rings. The van der Waals surface area contributed by atoms with Crippen molar-refractivity contribution in [3.63, 3.8) is 0 Å². The van der Waals surface area contributed by atoms with Gasteiger partial charge in [-0.05, 0) is 12.5 Å². The van der Waals surface area contributed by atoms with E-state index < -0.39 is 0 Å². The smallest absolute Gasteiger partial charge is 0.0238 e. The molecule has 0 aromatic heterocycles. The van der Waals surface area contributed by atoms with E-state index in [0.29, 0.717) is 0 Å². The van der Waals surface area contributed by atoms with Crippen LogP contribution in [-0.2, 0) is 0 Å². The lowest BCUT2D eigenvalue weighted by Crippen LogP contribution is -1.92. The lowest BCUT2D eigenvalue weighted by molar-refractivity contribution is 1.19. The Balaban J connectivity index is 4.13. The zero-order valence-electron chi connectivity index (χ0n) is 5.67. The fourth-order valence-corrected chi connectivity index (χ4v) is 0.705. The van der Waals surface area contributed by atoms with Crippen molar-refractivity contribution in [3.05, 3.63) is 37.0 Å². The van der Waals surface area contributed by atoms with Gasteiger partial charge >= 0.3 is 0 Å². The van der Waals surface area contributed by atoms with Gasteiger partial charge in [0.25, 0.3) is 0 Å². The van der Waals surface area contributed by atoms with Crippen LogP contribution < -0.4 is 0 Å². The third kappa shape index (κ3) is 3.20. The van der Waals surface area contributed by atoms with E-state index in [2.05, 4.69) is 25.8 Å². The molecule has 0 aromatic rings. The number of hydrogen-bond donors (Lipinski definition) is 1. The summed E-state index contributed by atoms with van der Waals surface area (Å²) in [5, 5.41) is 0.250. The first-order chi connectivity index (χ1) is 4.22. The van der Waals surface area contributed by atoms with Crippen molar-refractivity contribution >= 4 is 12.6 Å². The van der Waals surface area contributed by atoms with Gasteiger partial charge in [-0.25, -0.2) is 0 Å². The van der Waals surface area contributed by atoms with Gasteiger partial charge in [-0.3, -0.25) is 0 Å². The van der Waals surface area contributed by atoms with Crippen molar-refractivity contribution in [1.82, 2.24) is 0 Å². The lowest BCUT2D eigenvalue weighted by Gasteiger charge is -2.01. The molecule has 9 heavy (non-hydrogen) atoms. The average molecular weight is 140 g/mol. The summed E-state index contributed by atoms with van der Waals surface area (Å²) in [4.78, 5) is 0. The molecule has 50 valence electrons. The second-order valence-corrected chi connectivity index (χ2v) is 2.56. The third-order valence-corrected chi connectivity index (χ3v) is 1.33. The van der Waals surface area contributed by atoms with E-state index in [1.165, 1.54) is 0 Å². The molecule has 0 bridgehead atoms. The van der Waals surface area contributed by atoms with Crippen molar-refractivity contribution in [2.24, 2.45) is 0 Å². The molecule has 0 heterocycles. The molecule has 1 atom stereocenters. The van der Waals surface area contributed by atoms with Crippen LogP contribution in [0.3, 0.4) is 0 Å². The standard InChI is InChI=1S/C8H12S/c1-4-6-8(5-2)7(3)9/h4-7,9H,1-2H2,3H3/b8-6+/t7-/m1/s1.